The maximum Gasteiger partial charge on any atom is 0.387 e. The molecule has 0 unspecified atom stereocenters. The number of alkyl halides is 2. The summed E-state index contributed by atoms with van der Waals surface area (Å²) in [6.07, 6.45) is 3.09. The second-order valence-electron chi connectivity index (χ2n) is 7.62. The lowest BCUT2D eigenvalue weighted by molar-refractivity contribution is -0.0498. The van der Waals surface area contributed by atoms with Crippen LogP contribution in [-0.4, -0.2) is 52.8 Å². The molecule has 2 N–H and O–H groups in total. The number of carbonyl (C=O) groups excluding carboxylic acids is 1. The molecule has 1 fully saturated rings. The molecule has 1 amide bonds. The van der Waals surface area contributed by atoms with Crippen molar-refractivity contribution < 1.29 is 23.0 Å². The fraction of sp³-hybridized carbons (Fsp3) is 0.304. The summed E-state index contributed by atoms with van der Waals surface area (Å²) < 4.78 is 34.6. The highest BCUT2D eigenvalue weighted by atomic mass is 19.3. The quantitative estimate of drug-likeness (QED) is 0.604. The number of nitrogen functional groups attached to an aromatic ring is 1. The molecule has 0 spiro atoms. The van der Waals surface area contributed by atoms with Crippen molar-refractivity contribution in [3.63, 3.8) is 0 Å². The minimum Gasteiger partial charge on any atom is -0.496 e. The van der Waals surface area contributed by atoms with Gasteiger partial charge < -0.3 is 20.1 Å². The average Bonchev–Trinajstić information content (AvgIpc) is 2.84. The number of ether oxygens (including phenoxy) is 2. The van der Waals surface area contributed by atoms with Gasteiger partial charge in [0.05, 0.1) is 12.8 Å². The van der Waals surface area contributed by atoms with Gasteiger partial charge in [-0.25, -0.2) is 0 Å². The van der Waals surface area contributed by atoms with E-state index in [0.29, 0.717) is 35.8 Å². The van der Waals surface area contributed by atoms with Crippen molar-refractivity contribution in [2.75, 3.05) is 25.9 Å². The number of benzene rings is 1. The number of methoxy groups -OCH3 is 1. The first-order valence-corrected chi connectivity index (χ1v) is 10.4. The Morgan fingerprint density at radius 3 is 2.45 bits per heavy atom. The number of nitrogens with two attached hydrogens (primary N) is 1. The number of amides is 1. The molecule has 10 heteroatoms. The fourth-order valence-electron chi connectivity index (χ4n) is 3.87. The summed E-state index contributed by atoms with van der Waals surface area (Å²) in [4.78, 5) is 19.1. The van der Waals surface area contributed by atoms with Gasteiger partial charge in [-0.05, 0) is 42.7 Å². The first-order valence-electron chi connectivity index (χ1n) is 10.4. The van der Waals surface area contributed by atoms with E-state index in [2.05, 4.69) is 19.9 Å². The largest absolute Gasteiger partial charge is 0.496 e. The van der Waals surface area contributed by atoms with Crippen LogP contribution in [0.1, 0.15) is 34.9 Å². The lowest BCUT2D eigenvalue weighted by Gasteiger charge is -2.31. The number of hydrogen-bond donors (Lipinski definition) is 1. The molecule has 3 aromatic rings. The summed E-state index contributed by atoms with van der Waals surface area (Å²) in [5.74, 6) is 0.947. The summed E-state index contributed by atoms with van der Waals surface area (Å²) in [5.41, 5.74) is 8.09. The van der Waals surface area contributed by atoms with E-state index in [1.54, 1.807) is 35.4 Å². The number of likely N-dealkylation sites (tertiary alicyclic amines) is 1. The van der Waals surface area contributed by atoms with Crippen LogP contribution in [0.3, 0.4) is 0 Å². The third-order valence-electron chi connectivity index (χ3n) is 5.60. The van der Waals surface area contributed by atoms with Crippen LogP contribution in [0.5, 0.6) is 11.5 Å². The molecular formula is C23H23F2N5O3. The van der Waals surface area contributed by atoms with Crippen molar-refractivity contribution in [1.82, 2.24) is 20.1 Å². The van der Waals surface area contributed by atoms with Crippen LogP contribution in [0, 0.1) is 0 Å². The van der Waals surface area contributed by atoms with Gasteiger partial charge in [0, 0.05) is 36.8 Å². The SMILES string of the molecule is COc1cc(C(=O)N2CCC(c3ccc(N)nn3)CC2)ncc1-c1ccc(OC(F)F)cc1. The average molecular weight is 455 g/mol. The smallest absolute Gasteiger partial charge is 0.387 e. The van der Waals surface area contributed by atoms with Gasteiger partial charge in [-0.1, -0.05) is 12.1 Å². The van der Waals surface area contributed by atoms with Crippen LogP contribution in [0.4, 0.5) is 14.6 Å². The van der Waals surface area contributed by atoms with Crippen LogP contribution < -0.4 is 15.2 Å². The Morgan fingerprint density at radius 1 is 1.12 bits per heavy atom. The molecule has 0 saturated carbocycles. The molecule has 1 aromatic carbocycles. The van der Waals surface area contributed by atoms with Gasteiger partial charge >= 0.3 is 6.61 Å². The van der Waals surface area contributed by atoms with Gasteiger partial charge in [0.2, 0.25) is 0 Å². The van der Waals surface area contributed by atoms with Crippen LogP contribution in [0.25, 0.3) is 11.1 Å². The van der Waals surface area contributed by atoms with E-state index in [9.17, 15) is 13.6 Å². The zero-order valence-electron chi connectivity index (χ0n) is 17.9. The van der Waals surface area contributed by atoms with Crippen molar-refractivity contribution in [1.29, 1.82) is 0 Å². The monoisotopic (exact) mass is 455 g/mol. The van der Waals surface area contributed by atoms with Gasteiger partial charge in [0.25, 0.3) is 5.91 Å². The number of pyridine rings is 1. The van der Waals surface area contributed by atoms with Crippen molar-refractivity contribution in [3.8, 4) is 22.6 Å². The number of halogens is 2. The van der Waals surface area contributed by atoms with Gasteiger partial charge in [0.1, 0.15) is 23.0 Å². The minimum absolute atomic E-state index is 0.0563. The van der Waals surface area contributed by atoms with Crippen LogP contribution in [0.15, 0.2) is 48.7 Å². The number of nitrogens with zero attached hydrogens (tertiary/aromatic N) is 4. The van der Waals surface area contributed by atoms with E-state index in [-0.39, 0.29) is 23.3 Å². The summed E-state index contributed by atoms with van der Waals surface area (Å²) in [7, 11) is 1.50. The molecule has 1 aliphatic rings. The highest BCUT2D eigenvalue weighted by Crippen LogP contribution is 2.32. The molecule has 1 aliphatic heterocycles. The summed E-state index contributed by atoms with van der Waals surface area (Å²) in [6.45, 7) is -1.73. The molecular weight excluding hydrogens is 432 g/mol. The fourth-order valence-corrected chi connectivity index (χ4v) is 3.87. The maximum atomic E-state index is 13.0. The minimum atomic E-state index is -2.89. The zero-order chi connectivity index (χ0) is 23.4. The van der Waals surface area contributed by atoms with E-state index >= 15 is 0 Å². The first kappa shape index (κ1) is 22.4. The molecule has 2 aromatic heterocycles. The topological polar surface area (TPSA) is 103 Å². The molecule has 3 heterocycles. The number of anilines is 1. The second kappa shape index (κ2) is 9.76. The zero-order valence-corrected chi connectivity index (χ0v) is 17.9. The Balaban J connectivity index is 1.45. The Bertz CT molecular complexity index is 1100. The standard InChI is InChI=1S/C23H23F2N5O3/c1-32-20-12-19(27-13-17(20)14-2-4-16(5-3-14)33-23(24)25)22(31)30-10-8-15(9-11-30)18-6-7-21(26)29-28-18/h2-7,12-13,15,23H,8-11H2,1H3,(H2,26,29). The maximum absolute atomic E-state index is 13.0. The van der Waals surface area contributed by atoms with Crippen LogP contribution in [-0.2, 0) is 0 Å². The predicted octanol–water partition coefficient (Wildman–Crippen LogP) is 3.75. The van der Waals surface area contributed by atoms with Crippen LogP contribution >= 0.6 is 0 Å². The number of carbonyl (C=O) groups is 1. The number of rotatable bonds is 6. The Hall–Kier alpha value is -3.82. The van der Waals surface area contributed by atoms with E-state index in [4.69, 9.17) is 10.5 Å². The third-order valence-corrected chi connectivity index (χ3v) is 5.60. The van der Waals surface area contributed by atoms with E-state index in [0.717, 1.165) is 18.5 Å². The molecule has 0 bridgehead atoms. The number of aromatic nitrogens is 3. The Kier molecular flexibility index (Phi) is 6.62. The number of hydrogen-bond acceptors (Lipinski definition) is 7. The van der Waals surface area contributed by atoms with Crippen molar-refractivity contribution in [2.24, 2.45) is 0 Å². The highest BCUT2D eigenvalue weighted by molar-refractivity contribution is 5.93. The first-order chi connectivity index (χ1) is 15.9. The lowest BCUT2D eigenvalue weighted by atomic mass is 9.93. The van der Waals surface area contributed by atoms with Crippen molar-refractivity contribution in [2.45, 2.75) is 25.4 Å². The molecule has 4 rings (SSSR count). The van der Waals surface area contributed by atoms with Gasteiger partial charge in [-0.15, -0.1) is 5.10 Å². The Morgan fingerprint density at radius 2 is 1.85 bits per heavy atom. The molecule has 1 saturated heterocycles. The predicted molar refractivity (Wildman–Crippen MR) is 117 cm³/mol. The molecule has 0 radical (unpaired) electrons. The third kappa shape index (κ3) is 5.16. The van der Waals surface area contributed by atoms with Crippen molar-refractivity contribution >= 4 is 11.7 Å². The summed E-state index contributed by atoms with van der Waals surface area (Å²) >= 11 is 0. The Labute approximate surface area is 189 Å². The van der Waals surface area contributed by atoms with Gasteiger partial charge in [-0.2, -0.15) is 13.9 Å². The molecule has 0 aliphatic carbocycles. The van der Waals surface area contributed by atoms with Crippen molar-refractivity contribution in [3.05, 3.63) is 60.0 Å². The summed E-state index contributed by atoms with van der Waals surface area (Å²) in [5, 5.41) is 8.07. The van der Waals surface area contributed by atoms with E-state index < -0.39 is 6.61 Å². The van der Waals surface area contributed by atoms with Gasteiger partial charge in [-0.3, -0.25) is 9.78 Å². The van der Waals surface area contributed by atoms with E-state index in [1.165, 1.54) is 19.2 Å². The highest BCUT2D eigenvalue weighted by Gasteiger charge is 2.27. The molecule has 172 valence electrons. The lowest BCUT2D eigenvalue weighted by Crippen LogP contribution is -2.38. The second-order valence-corrected chi connectivity index (χ2v) is 7.62. The van der Waals surface area contributed by atoms with Crippen LogP contribution in [0.2, 0.25) is 0 Å². The molecule has 0 atom stereocenters. The normalized spacial score (nSPS) is 14.4. The summed E-state index contributed by atoms with van der Waals surface area (Å²) in [6, 6.07) is 11.3. The number of piperidine rings is 1. The molecule has 33 heavy (non-hydrogen) atoms. The van der Waals surface area contributed by atoms with E-state index in [1.807, 2.05) is 6.07 Å². The molecule has 8 nitrogen and oxygen atoms in total. The van der Waals surface area contributed by atoms with Gasteiger partial charge in [0.15, 0.2) is 0 Å².